The van der Waals surface area contributed by atoms with E-state index in [1.165, 1.54) is 16.7 Å². The molecule has 0 aliphatic heterocycles. The SMILES string of the molecule is CC(C)COc1ccc(-c2cccc(CCN)c2)cc1.Cl. The maximum Gasteiger partial charge on any atom is 0.119 e. The molecule has 2 N–H and O–H groups in total. The summed E-state index contributed by atoms with van der Waals surface area (Å²) >= 11 is 0. The van der Waals surface area contributed by atoms with E-state index in [9.17, 15) is 0 Å². The normalized spacial score (nSPS) is 10.3. The van der Waals surface area contributed by atoms with Crippen molar-refractivity contribution in [3.05, 3.63) is 54.1 Å². The Hall–Kier alpha value is -1.51. The van der Waals surface area contributed by atoms with Gasteiger partial charge in [0, 0.05) is 0 Å². The van der Waals surface area contributed by atoms with Crippen LogP contribution in [0.15, 0.2) is 48.5 Å². The number of benzene rings is 2. The lowest BCUT2D eigenvalue weighted by molar-refractivity contribution is 0.271. The van der Waals surface area contributed by atoms with Crippen LogP contribution in [0.1, 0.15) is 19.4 Å². The summed E-state index contributed by atoms with van der Waals surface area (Å²) in [6.07, 6.45) is 0.920. The van der Waals surface area contributed by atoms with Crippen molar-refractivity contribution in [2.24, 2.45) is 11.7 Å². The van der Waals surface area contributed by atoms with Crippen LogP contribution in [0.2, 0.25) is 0 Å². The Kier molecular flexibility index (Phi) is 7.27. The first-order chi connectivity index (χ1) is 9.69. The summed E-state index contributed by atoms with van der Waals surface area (Å²) in [6, 6.07) is 16.8. The molecule has 21 heavy (non-hydrogen) atoms. The van der Waals surface area contributed by atoms with Gasteiger partial charge in [0.15, 0.2) is 0 Å². The molecule has 2 nitrogen and oxygen atoms in total. The summed E-state index contributed by atoms with van der Waals surface area (Å²) < 4.78 is 5.70. The van der Waals surface area contributed by atoms with Crippen molar-refractivity contribution < 1.29 is 4.74 Å². The number of hydrogen-bond acceptors (Lipinski definition) is 2. The molecule has 2 aromatic rings. The van der Waals surface area contributed by atoms with Crippen LogP contribution in [0.4, 0.5) is 0 Å². The average Bonchev–Trinajstić information content (AvgIpc) is 2.46. The summed E-state index contributed by atoms with van der Waals surface area (Å²) in [5, 5.41) is 0. The predicted molar refractivity (Wildman–Crippen MR) is 92.2 cm³/mol. The van der Waals surface area contributed by atoms with Gasteiger partial charge in [0.2, 0.25) is 0 Å². The molecule has 0 fully saturated rings. The molecule has 0 unspecified atom stereocenters. The van der Waals surface area contributed by atoms with Crippen LogP contribution in [-0.2, 0) is 6.42 Å². The fourth-order valence-electron chi connectivity index (χ4n) is 2.08. The van der Waals surface area contributed by atoms with E-state index in [-0.39, 0.29) is 12.4 Å². The fourth-order valence-corrected chi connectivity index (χ4v) is 2.08. The predicted octanol–water partition coefficient (Wildman–Crippen LogP) is 4.31. The zero-order chi connectivity index (χ0) is 14.4. The molecule has 0 atom stereocenters. The van der Waals surface area contributed by atoms with Gasteiger partial charge in [0.1, 0.15) is 5.75 Å². The van der Waals surface area contributed by atoms with Crippen LogP contribution >= 0.6 is 12.4 Å². The van der Waals surface area contributed by atoms with Crippen LogP contribution in [0.3, 0.4) is 0 Å². The number of halogens is 1. The van der Waals surface area contributed by atoms with Crippen LogP contribution in [0.25, 0.3) is 11.1 Å². The van der Waals surface area contributed by atoms with E-state index < -0.39 is 0 Å². The first-order valence-corrected chi connectivity index (χ1v) is 7.21. The van der Waals surface area contributed by atoms with Gasteiger partial charge in [-0.3, -0.25) is 0 Å². The van der Waals surface area contributed by atoms with Crippen molar-refractivity contribution in [3.63, 3.8) is 0 Å². The minimum atomic E-state index is 0. The molecule has 0 saturated carbocycles. The van der Waals surface area contributed by atoms with E-state index in [0.717, 1.165) is 18.8 Å². The molecule has 2 aromatic carbocycles. The molecule has 0 bridgehead atoms. The van der Waals surface area contributed by atoms with Gasteiger partial charge < -0.3 is 10.5 Å². The second kappa shape index (κ2) is 8.71. The van der Waals surface area contributed by atoms with Crippen LogP contribution in [0, 0.1) is 5.92 Å². The molecular formula is C18H24ClNO. The average molecular weight is 306 g/mol. The number of hydrogen-bond donors (Lipinski definition) is 1. The Labute approximate surface area is 133 Å². The molecule has 0 spiro atoms. The molecule has 0 aromatic heterocycles. The maximum absolute atomic E-state index is 5.70. The second-order valence-corrected chi connectivity index (χ2v) is 5.47. The van der Waals surface area contributed by atoms with E-state index >= 15 is 0 Å². The fraction of sp³-hybridized carbons (Fsp3) is 0.333. The molecule has 0 amide bonds. The first kappa shape index (κ1) is 17.5. The molecule has 0 aliphatic carbocycles. The monoisotopic (exact) mass is 305 g/mol. The molecule has 3 heteroatoms. The zero-order valence-corrected chi connectivity index (χ0v) is 13.5. The Morgan fingerprint density at radius 3 is 2.33 bits per heavy atom. The highest BCUT2D eigenvalue weighted by Crippen LogP contribution is 2.23. The lowest BCUT2D eigenvalue weighted by Crippen LogP contribution is -2.04. The van der Waals surface area contributed by atoms with Gasteiger partial charge in [0.05, 0.1) is 6.61 Å². The minimum Gasteiger partial charge on any atom is -0.493 e. The van der Waals surface area contributed by atoms with Crippen molar-refractivity contribution >= 4 is 12.4 Å². The summed E-state index contributed by atoms with van der Waals surface area (Å²) in [5.41, 5.74) is 9.33. The van der Waals surface area contributed by atoms with Crippen LogP contribution in [0.5, 0.6) is 5.75 Å². The molecule has 0 heterocycles. The van der Waals surface area contributed by atoms with Crippen molar-refractivity contribution in [1.29, 1.82) is 0 Å². The Balaban J connectivity index is 0.00000220. The Morgan fingerprint density at radius 1 is 1.00 bits per heavy atom. The van der Waals surface area contributed by atoms with Gasteiger partial charge in [-0.1, -0.05) is 50.2 Å². The summed E-state index contributed by atoms with van der Waals surface area (Å²) in [5.74, 6) is 1.48. The number of rotatable bonds is 6. The summed E-state index contributed by atoms with van der Waals surface area (Å²) in [7, 11) is 0. The third-order valence-electron chi connectivity index (χ3n) is 3.13. The van der Waals surface area contributed by atoms with Crippen molar-refractivity contribution in [2.45, 2.75) is 20.3 Å². The third kappa shape index (κ3) is 5.41. The molecule has 114 valence electrons. The van der Waals surface area contributed by atoms with Gasteiger partial charge in [-0.15, -0.1) is 12.4 Å². The first-order valence-electron chi connectivity index (χ1n) is 7.21. The van der Waals surface area contributed by atoms with Crippen molar-refractivity contribution in [2.75, 3.05) is 13.2 Å². The molecular weight excluding hydrogens is 282 g/mol. The number of ether oxygens (including phenoxy) is 1. The molecule has 0 aliphatic rings. The number of nitrogens with two attached hydrogens (primary N) is 1. The summed E-state index contributed by atoms with van der Waals surface area (Å²) in [6.45, 7) is 5.74. The van der Waals surface area contributed by atoms with Gasteiger partial charge in [0.25, 0.3) is 0 Å². The smallest absolute Gasteiger partial charge is 0.119 e. The van der Waals surface area contributed by atoms with Crippen molar-refractivity contribution in [1.82, 2.24) is 0 Å². The lowest BCUT2D eigenvalue weighted by Gasteiger charge is -2.10. The molecule has 2 rings (SSSR count). The Bertz CT molecular complexity index is 537. The standard InChI is InChI=1S/C18H23NO.ClH/c1-14(2)13-20-18-8-6-16(7-9-18)17-5-3-4-15(12-17)10-11-19;/h3-9,12,14H,10-11,13,19H2,1-2H3;1H. The maximum atomic E-state index is 5.70. The highest BCUT2D eigenvalue weighted by atomic mass is 35.5. The highest BCUT2D eigenvalue weighted by Gasteiger charge is 2.01. The van der Waals surface area contributed by atoms with Gasteiger partial charge in [-0.05, 0) is 47.7 Å². The second-order valence-electron chi connectivity index (χ2n) is 5.47. The van der Waals surface area contributed by atoms with Gasteiger partial charge in [-0.25, -0.2) is 0 Å². The van der Waals surface area contributed by atoms with E-state index in [2.05, 4.69) is 50.2 Å². The van der Waals surface area contributed by atoms with E-state index in [1.807, 2.05) is 12.1 Å². The molecule has 0 saturated heterocycles. The quantitative estimate of drug-likeness (QED) is 0.863. The largest absolute Gasteiger partial charge is 0.493 e. The van der Waals surface area contributed by atoms with E-state index in [0.29, 0.717) is 12.5 Å². The van der Waals surface area contributed by atoms with Gasteiger partial charge >= 0.3 is 0 Å². The van der Waals surface area contributed by atoms with E-state index in [4.69, 9.17) is 10.5 Å². The van der Waals surface area contributed by atoms with Crippen LogP contribution in [-0.4, -0.2) is 13.2 Å². The highest BCUT2D eigenvalue weighted by molar-refractivity contribution is 5.85. The van der Waals surface area contributed by atoms with Crippen molar-refractivity contribution in [3.8, 4) is 16.9 Å². The zero-order valence-electron chi connectivity index (χ0n) is 12.7. The van der Waals surface area contributed by atoms with E-state index in [1.54, 1.807) is 0 Å². The molecule has 0 radical (unpaired) electrons. The topological polar surface area (TPSA) is 35.2 Å². The lowest BCUT2D eigenvalue weighted by atomic mass is 10.0. The minimum absolute atomic E-state index is 0. The Morgan fingerprint density at radius 2 is 1.71 bits per heavy atom. The third-order valence-corrected chi connectivity index (χ3v) is 3.13. The van der Waals surface area contributed by atoms with Gasteiger partial charge in [-0.2, -0.15) is 0 Å². The summed E-state index contributed by atoms with van der Waals surface area (Å²) in [4.78, 5) is 0. The van der Waals surface area contributed by atoms with Crippen LogP contribution < -0.4 is 10.5 Å².